The van der Waals surface area contributed by atoms with E-state index in [9.17, 15) is 10.2 Å². The number of phenols is 2. The Hall–Kier alpha value is -2.55. The van der Waals surface area contributed by atoms with Crippen molar-refractivity contribution in [2.45, 2.75) is 25.7 Å². The molecule has 0 saturated carbocycles. The largest absolute Gasteiger partial charge is 0.504 e. The summed E-state index contributed by atoms with van der Waals surface area (Å²) in [6, 6.07) is 17.1. The zero-order chi connectivity index (χ0) is 28.6. The molecule has 40 heavy (non-hydrogen) atoms. The first-order valence-corrected chi connectivity index (χ1v) is 14.7. The molecule has 1 aliphatic heterocycles. The molecule has 3 aromatic carbocycles. The second-order valence-electron chi connectivity index (χ2n) is 9.68. The second-order valence-corrected chi connectivity index (χ2v) is 10.8. The molecule has 4 rings (SSSR count). The van der Waals surface area contributed by atoms with Gasteiger partial charge in [-0.2, -0.15) is 0 Å². The van der Waals surface area contributed by atoms with Crippen LogP contribution in [0.3, 0.4) is 0 Å². The number of methoxy groups -OCH3 is 2. The molecule has 216 valence electrons. The van der Waals surface area contributed by atoms with Crippen molar-refractivity contribution in [3.8, 4) is 23.0 Å². The quantitative estimate of drug-likeness (QED) is 0.229. The van der Waals surface area contributed by atoms with Gasteiger partial charge < -0.3 is 24.6 Å². The number of halogens is 3. The van der Waals surface area contributed by atoms with Crippen LogP contribution in [0.25, 0.3) is 0 Å². The Labute approximate surface area is 251 Å². The van der Waals surface area contributed by atoms with E-state index in [0.29, 0.717) is 54.5 Å². The summed E-state index contributed by atoms with van der Waals surface area (Å²) in [4.78, 5) is 6.71. The molecule has 0 aliphatic carbocycles. The molecule has 0 unspecified atom stereocenters. The number of hydrogen-bond acceptors (Lipinski definition) is 7. The lowest BCUT2D eigenvalue weighted by atomic mass is 10.0. The SMILES string of the molecule is COc1cccc(CN2CCCN(Cc3cccc(OC)c3O)C2c2ccc(N(CCCl)CCCl)cc2Cl)c1O. The van der Waals surface area contributed by atoms with Gasteiger partial charge in [-0.3, -0.25) is 9.80 Å². The fourth-order valence-corrected chi connectivity index (χ4v) is 6.01. The minimum absolute atomic E-state index is 0.130. The lowest BCUT2D eigenvalue weighted by molar-refractivity contribution is -0.00978. The number of anilines is 1. The molecule has 0 bridgehead atoms. The van der Waals surface area contributed by atoms with E-state index in [0.717, 1.165) is 41.9 Å². The van der Waals surface area contributed by atoms with Crippen LogP contribution in [-0.2, 0) is 13.1 Å². The van der Waals surface area contributed by atoms with Crippen LogP contribution < -0.4 is 14.4 Å². The monoisotopic (exact) mass is 607 g/mol. The molecular formula is C30H36Cl3N3O4. The van der Waals surface area contributed by atoms with Gasteiger partial charge in [-0.25, -0.2) is 0 Å². The van der Waals surface area contributed by atoms with Gasteiger partial charge in [0.05, 0.1) is 20.4 Å². The maximum Gasteiger partial charge on any atom is 0.162 e. The van der Waals surface area contributed by atoms with Gasteiger partial charge in [0.1, 0.15) is 0 Å². The topological polar surface area (TPSA) is 68.6 Å². The van der Waals surface area contributed by atoms with E-state index in [1.165, 1.54) is 0 Å². The molecule has 0 amide bonds. The van der Waals surface area contributed by atoms with Crippen LogP contribution in [0.1, 0.15) is 29.3 Å². The highest BCUT2D eigenvalue weighted by atomic mass is 35.5. The normalized spacial score (nSPS) is 14.8. The first-order valence-electron chi connectivity index (χ1n) is 13.3. The van der Waals surface area contributed by atoms with Crippen molar-refractivity contribution >= 4 is 40.5 Å². The van der Waals surface area contributed by atoms with Gasteiger partial charge in [-0.15, -0.1) is 23.2 Å². The second kappa shape index (κ2) is 14.4. The summed E-state index contributed by atoms with van der Waals surface area (Å²) in [5.74, 6) is 2.09. The smallest absolute Gasteiger partial charge is 0.162 e. The van der Waals surface area contributed by atoms with Crippen molar-refractivity contribution in [3.05, 3.63) is 76.3 Å². The Morgan fingerprint density at radius 1 is 0.825 bits per heavy atom. The Balaban J connectivity index is 1.74. The summed E-state index contributed by atoms with van der Waals surface area (Å²) < 4.78 is 10.7. The van der Waals surface area contributed by atoms with Crippen LogP contribution in [0.4, 0.5) is 5.69 Å². The highest BCUT2D eigenvalue weighted by Gasteiger charge is 2.33. The summed E-state index contributed by atoms with van der Waals surface area (Å²) in [5, 5.41) is 22.3. The van der Waals surface area contributed by atoms with Crippen LogP contribution in [0, 0.1) is 0 Å². The molecule has 0 spiro atoms. The summed E-state index contributed by atoms with van der Waals surface area (Å²) >= 11 is 19.1. The lowest BCUT2D eigenvalue weighted by Crippen LogP contribution is -2.47. The van der Waals surface area contributed by atoms with E-state index in [1.54, 1.807) is 26.4 Å². The van der Waals surface area contributed by atoms with Crippen molar-refractivity contribution in [1.29, 1.82) is 0 Å². The molecule has 3 aromatic rings. The average molecular weight is 609 g/mol. The zero-order valence-electron chi connectivity index (χ0n) is 22.8. The maximum absolute atomic E-state index is 10.9. The first kappa shape index (κ1) is 30.4. The summed E-state index contributed by atoms with van der Waals surface area (Å²) in [6.45, 7) is 3.88. The lowest BCUT2D eigenvalue weighted by Gasteiger charge is -2.45. The number of rotatable bonds is 12. The minimum Gasteiger partial charge on any atom is -0.504 e. The molecule has 10 heteroatoms. The van der Waals surface area contributed by atoms with E-state index in [4.69, 9.17) is 44.3 Å². The third-order valence-electron chi connectivity index (χ3n) is 7.27. The van der Waals surface area contributed by atoms with Gasteiger partial charge in [0.25, 0.3) is 0 Å². The van der Waals surface area contributed by atoms with Crippen LogP contribution in [0.5, 0.6) is 23.0 Å². The Morgan fingerprint density at radius 3 is 1.80 bits per heavy atom. The van der Waals surface area contributed by atoms with E-state index in [2.05, 4.69) is 26.8 Å². The number of hydrogen-bond donors (Lipinski definition) is 2. The number of alkyl halides is 2. The number of ether oxygens (including phenoxy) is 2. The minimum atomic E-state index is -0.221. The van der Waals surface area contributed by atoms with Crippen LogP contribution in [0.2, 0.25) is 5.02 Å². The van der Waals surface area contributed by atoms with Crippen LogP contribution in [-0.4, -0.2) is 72.2 Å². The van der Waals surface area contributed by atoms with Crippen LogP contribution in [0.15, 0.2) is 54.6 Å². The number of aromatic hydroxyl groups is 2. The van der Waals surface area contributed by atoms with Crippen molar-refractivity contribution in [1.82, 2.24) is 9.80 Å². The third kappa shape index (κ3) is 6.84. The Bertz CT molecular complexity index is 1210. The summed E-state index contributed by atoms with van der Waals surface area (Å²) in [6.07, 6.45) is 0.682. The van der Waals surface area contributed by atoms with Gasteiger partial charge in [0, 0.05) is 78.4 Å². The third-order valence-corrected chi connectivity index (χ3v) is 7.94. The predicted octanol–water partition coefficient (Wildman–Crippen LogP) is 6.46. The molecule has 0 atom stereocenters. The van der Waals surface area contributed by atoms with Gasteiger partial charge in [-0.05, 0) is 30.7 Å². The van der Waals surface area contributed by atoms with Gasteiger partial charge in [0.15, 0.2) is 23.0 Å². The number of benzene rings is 3. The molecule has 1 heterocycles. The number of nitrogens with zero attached hydrogens (tertiary/aromatic N) is 3. The molecular weight excluding hydrogens is 573 g/mol. The fraction of sp³-hybridized carbons (Fsp3) is 0.400. The van der Waals surface area contributed by atoms with Crippen LogP contribution >= 0.6 is 34.8 Å². The molecule has 1 aliphatic rings. The molecule has 1 saturated heterocycles. The molecule has 0 radical (unpaired) electrons. The van der Waals surface area contributed by atoms with Gasteiger partial charge >= 0.3 is 0 Å². The summed E-state index contributed by atoms with van der Waals surface area (Å²) in [7, 11) is 3.09. The number of para-hydroxylation sites is 2. The fourth-order valence-electron chi connectivity index (χ4n) is 5.33. The van der Waals surface area contributed by atoms with E-state index >= 15 is 0 Å². The Kier molecular flexibility index (Phi) is 10.9. The highest BCUT2D eigenvalue weighted by Crippen LogP contribution is 2.40. The average Bonchev–Trinajstić information content (AvgIpc) is 2.95. The van der Waals surface area contributed by atoms with Crippen molar-refractivity contribution in [2.24, 2.45) is 0 Å². The maximum atomic E-state index is 10.9. The number of phenolic OH excluding ortho intramolecular Hbond substituents is 2. The van der Waals surface area contributed by atoms with Crippen molar-refractivity contribution in [2.75, 3.05) is 57.1 Å². The van der Waals surface area contributed by atoms with Crippen molar-refractivity contribution < 1.29 is 19.7 Å². The predicted molar refractivity (Wildman–Crippen MR) is 163 cm³/mol. The molecule has 0 aromatic heterocycles. The Morgan fingerprint density at radius 2 is 1.35 bits per heavy atom. The highest BCUT2D eigenvalue weighted by molar-refractivity contribution is 6.31. The van der Waals surface area contributed by atoms with E-state index < -0.39 is 0 Å². The van der Waals surface area contributed by atoms with E-state index in [1.807, 2.05) is 30.3 Å². The molecule has 2 N–H and O–H groups in total. The first-order chi connectivity index (χ1) is 19.4. The van der Waals surface area contributed by atoms with E-state index in [-0.39, 0.29) is 17.7 Å². The van der Waals surface area contributed by atoms with Gasteiger partial charge in [-0.1, -0.05) is 41.9 Å². The standard InChI is InChI=1S/C30H36Cl3N3O4/c1-39-26-8-3-6-21(28(26)37)19-35-14-5-15-36(20-22-7-4-9-27(40-2)29(22)38)30(35)24-11-10-23(18-25(24)33)34(16-12-31)17-13-32/h3-4,6-11,18,30,37-38H,5,12-17,19-20H2,1-2H3. The van der Waals surface area contributed by atoms with Crippen molar-refractivity contribution in [3.63, 3.8) is 0 Å². The molecule has 1 fully saturated rings. The molecule has 7 nitrogen and oxygen atoms in total. The van der Waals surface area contributed by atoms with Gasteiger partial charge in [0.2, 0.25) is 0 Å². The summed E-state index contributed by atoms with van der Waals surface area (Å²) in [5.41, 5.74) is 3.42. The zero-order valence-corrected chi connectivity index (χ0v) is 25.1.